The zero-order valence-corrected chi connectivity index (χ0v) is 9.00. The van der Waals surface area contributed by atoms with Gasteiger partial charge in [-0.1, -0.05) is 0 Å². The number of ether oxygens (including phenoxy) is 1. The maximum Gasteiger partial charge on any atom is 0.0494 e. The predicted octanol–water partition coefficient (Wildman–Crippen LogP) is 1.17. The molecule has 0 bridgehead atoms. The zero-order chi connectivity index (χ0) is 10.1. The Kier molecular flexibility index (Phi) is 7.01. The van der Waals surface area contributed by atoms with Gasteiger partial charge in [0.05, 0.1) is 0 Å². The van der Waals surface area contributed by atoms with E-state index in [1.165, 1.54) is 12.8 Å². The molecule has 3 nitrogen and oxygen atoms in total. The normalized spacial score (nSPS) is 16.1. The van der Waals surface area contributed by atoms with Crippen molar-refractivity contribution < 1.29 is 9.84 Å². The summed E-state index contributed by atoms with van der Waals surface area (Å²) < 4.78 is 5.51. The van der Waals surface area contributed by atoms with E-state index in [2.05, 4.69) is 5.32 Å². The van der Waals surface area contributed by atoms with Crippen molar-refractivity contribution in [1.29, 1.82) is 0 Å². The summed E-state index contributed by atoms with van der Waals surface area (Å²) in [6.45, 7) is 4.24. The van der Waals surface area contributed by atoms with Gasteiger partial charge in [0.1, 0.15) is 0 Å². The van der Waals surface area contributed by atoms with Gasteiger partial charge in [-0.3, -0.25) is 0 Å². The number of rotatable bonds is 10. The average Bonchev–Trinajstić information content (AvgIpc) is 2.99. The second-order valence-electron chi connectivity index (χ2n) is 4.05. The van der Waals surface area contributed by atoms with Crippen molar-refractivity contribution in [1.82, 2.24) is 5.32 Å². The van der Waals surface area contributed by atoms with Gasteiger partial charge in [-0.15, -0.1) is 0 Å². The number of nitrogens with one attached hydrogen (secondary N) is 1. The third-order valence-corrected chi connectivity index (χ3v) is 2.45. The van der Waals surface area contributed by atoms with Crippen molar-refractivity contribution in [3.8, 4) is 0 Å². The largest absolute Gasteiger partial charge is 0.396 e. The lowest BCUT2D eigenvalue weighted by Crippen LogP contribution is -2.18. The number of hydrogen-bond donors (Lipinski definition) is 2. The Morgan fingerprint density at radius 3 is 2.64 bits per heavy atom. The van der Waals surface area contributed by atoms with E-state index in [9.17, 15) is 0 Å². The molecule has 1 aliphatic carbocycles. The molecule has 0 aliphatic heterocycles. The second-order valence-corrected chi connectivity index (χ2v) is 4.05. The van der Waals surface area contributed by atoms with Crippen molar-refractivity contribution in [2.75, 3.05) is 32.9 Å². The first-order valence-electron chi connectivity index (χ1n) is 5.83. The van der Waals surface area contributed by atoms with E-state index >= 15 is 0 Å². The standard InChI is InChI=1S/C11H23NO2/c13-8-2-1-6-12-7-3-9-14-10-11-4-5-11/h11-13H,1-10H2. The Morgan fingerprint density at radius 2 is 1.93 bits per heavy atom. The van der Waals surface area contributed by atoms with Gasteiger partial charge in [0.15, 0.2) is 0 Å². The number of hydrogen-bond acceptors (Lipinski definition) is 3. The zero-order valence-electron chi connectivity index (χ0n) is 9.00. The molecule has 0 atom stereocenters. The molecule has 0 heterocycles. The number of aliphatic hydroxyl groups excluding tert-OH is 1. The van der Waals surface area contributed by atoms with Gasteiger partial charge in [0.2, 0.25) is 0 Å². The van der Waals surface area contributed by atoms with Crippen LogP contribution in [-0.4, -0.2) is 38.0 Å². The first-order valence-corrected chi connectivity index (χ1v) is 5.83. The highest BCUT2D eigenvalue weighted by molar-refractivity contribution is 4.71. The van der Waals surface area contributed by atoms with Crippen molar-refractivity contribution in [2.45, 2.75) is 32.1 Å². The van der Waals surface area contributed by atoms with Gasteiger partial charge < -0.3 is 15.2 Å². The maximum atomic E-state index is 8.55. The van der Waals surface area contributed by atoms with E-state index in [4.69, 9.17) is 9.84 Å². The Morgan fingerprint density at radius 1 is 1.14 bits per heavy atom. The third-order valence-electron chi connectivity index (χ3n) is 2.45. The Balaban J connectivity index is 1.63. The minimum absolute atomic E-state index is 0.312. The molecule has 1 saturated carbocycles. The Labute approximate surface area is 86.8 Å². The minimum Gasteiger partial charge on any atom is -0.396 e. The Hall–Kier alpha value is -0.120. The monoisotopic (exact) mass is 201 g/mol. The van der Waals surface area contributed by atoms with Gasteiger partial charge in [0.25, 0.3) is 0 Å². The molecular formula is C11H23NO2. The second kappa shape index (κ2) is 8.21. The molecule has 84 valence electrons. The summed E-state index contributed by atoms with van der Waals surface area (Å²) in [5.74, 6) is 0.882. The lowest BCUT2D eigenvalue weighted by Gasteiger charge is -2.04. The number of unbranched alkanes of at least 4 members (excludes halogenated alkanes) is 1. The SMILES string of the molecule is OCCCCNCCCOCC1CC1. The van der Waals surface area contributed by atoms with Crippen molar-refractivity contribution >= 4 is 0 Å². The fourth-order valence-corrected chi connectivity index (χ4v) is 1.32. The van der Waals surface area contributed by atoms with Gasteiger partial charge >= 0.3 is 0 Å². The van der Waals surface area contributed by atoms with E-state index in [0.717, 1.165) is 51.5 Å². The predicted molar refractivity (Wildman–Crippen MR) is 57.3 cm³/mol. The van der Waals surface area contributed by atoms with Crippen LogP contribution in [-0.2, 0) is 4.74 Å². The third kappa shape index (κ3) is 7.30. The van der Waals surface area contributed by atoms with Crippen molar-refractivity contribution in [3.63, 3.8) is 0 Å². The molecule has 0 amide bonds. The number of aliphatic hydroxyl groups is 1. The lowest BCUT2D eigenvalue weighted by molar-refractivity contribution is 0.122. The molecule has 14 heavy (non-hydrogen) atoms. The van der Waals surface area contributed by atoms with Crippen LogP contribution in [0.3, 0.4) is 0 Å². The van der Waals surface area contributed by atoms with E-state index in [1.807, 2.05) is 0 Å². The molecule has 1 rings (SSSR count). The molecule has 0 spiro atoms. The van der Waals surface area contributed by atoms with Gasteiger partial charge in [-0.05, 0) is 51.1 Å². The minimum atomic E-state index is 0.312. The van der Waals surface area contributed by atoms with Crippen LogP contribution in [0.25, 0.3) is 0 Å². The highest BCUT2D eigenvalue weighted by Gasteiger charge is 2.20. The summed E-state index contributed by atoms with van der Waals surface area (Å²) in [5, 5.41) is 11.9. The summed E-state index contributed by atoms with van der Waals surface area (Å²) in [6.07, 6.45) is 5.83. The lowest BCUT2D eigenvalue weighted by atomic mass is 10.3. The first-order chi connectivity index (χ1) is 6.93. The van der Waals surface area contributed by atoms with Crippen LogP contribution in [0.2, 0.25) is 0 Å². The quantitative estimate of drug-likeness (QED) is 0.521. The smallest absolute Gasteiger partial charge is 0.0494 e. The highest BCUT2D eigenvalue weighted by atomic mass is 16.5. The topological polar surface area (TPSA) is 41.5 Å². The van der Waals surface area contributed by atoms with Crippen LogP contribution >= 0.6 is 0 Å². The van der Waals surface area contributed by atoms with Crippen LogP contribution in [0.5, 0.6) is 0 Å². The van der Waals surface area contributed by atoms with Gasteiger partial charge in [-0.2, -0.15) is 0 Å². The van der Waals surface area contributed by atoms with E-state index in [1.54, 1.807) is 0 Å². The molecule has 0 radical (unpaired) electrons. The van der Waals surface area contributed by atoms with Crippen molar-refractivity contribution in [2.24, 2.45) is 5.92 Å². The fraction of sp³-hybridized carbons (Fsp3) is 1.00. The molecule has 1 fully saturated rings. The molecule has 0 aromatic rings. The van der Waals surface area contributed by atoms with Crippen LogP contribution < -0.4 is 5.32 Å². The van der Waals surface area contributed by atoms with Crippen LogP contribution in [0.15, 0.2) is 0 Å². The average molecular weight is 201 g/mol. The molecule has 0 unspecified atom stereocenters. The van der Waals surface area contributed by atoms with Crippen LogP contribution in [0.1, 0.15) is 32.1 Å². The molecule has 0 aromatic carbocycles. The summed E-state index contributed by atoms with van der Waals surface area (Å²) in [6, 6.07) is 0. The Bertz CT molecular complexity index is 126. The first kappa shape index (κ1) is 12.0. The summed E-state index contributed by atoms with van der Waals surface area (Å²) in [7, 11) is 0. The van der Waals surface area contributed by atoms with E-state index in [0.29, 0.717) is 6.61 Å². The summed E-state index contributed by atoms with van der Waals surface area (Å²) >= 11 is 0. The van der Waals surface area contributed by atoms with Gasteiger partial charge in [-0.25, -0.2) is 0 Å². The van der Waals surface area contributed by atoms with E-state index < -0.39 is 0 Å². The fourth-order valence-electron chi connectivity index (χ4n) is 1.32. The van der Waals surface area contributed by atoms with E-state index in [-0.39, 0.29) is 0 Å². The van der Waals surface area contributed by atoms with Gasteiger partial charge in [0, 0.05) is 19.8 Å². The molecule has 3 heteroatoms. The molecule has 0 aromatic heterocycles. The summed E-state index contributed by atoms with van der Waals surface area (Å²) in [4.78, 5) is 0. The van der Waals surface area contributed by atoms with Crippen molar-refractivity contribution in [3.05, 3.63) is 0 Å². The highest BCUT2D eigenvalue weighted by Crippen LogP contribution is 2.28. The maximum absolute atomic E-state index is 8.55. The molecule has 2 N–H and O–H groups in total. The molecule has 1 aliphatic rings. The molecule has 0 saturated heterocycles. The van der Waals surface area contributed by atoms with Crippen LogP contribution in [0, 0.1) is 5.92 Å². The molecular weight excluding hydrogens is 178 g/mol. The summed E-state index contributed by atoms with van der Waals surface area (Å²) in [5.41, 5.74) is 0. The van der Waals surface area contributed by atoms with Crippen LogP contribution in [0.4, 0.5) is 0 Å².